The summed E-state index contributed by atoms with van der Waals surface area (Å²) in [7, 11) is 0. The Morgan fingerprint density at radius 1 is 0.246 bits per heavy atom. The quantitative estimate of drug-likeness (QED) is 0.152. The van der Waals surface area contributed by atoms with Crippen LogP contribution in [-0.4, -0.2) is 9.97 Å². The summed E-state index contributed by atoms with van der Waals surface area (Å²) in [5.74, 6) is 0.699. The van der Waals surface area contributed by atoms with Crippen LogP contribution in [0.15, 0.2) is 255 Å². The third kappa shape index (κ3) is 6.58. The maximum atomic E-state index is 5.27. The molecule has 0 N–H and O–H groups in total. The van der Waals surface area contributed by atoms with E-state index < -0.39 is 5.41 Å². The van der Waals surface area contributed by atoms with Crippen molar-refractivity contribution in [2.24, 2.45) is 0 Å². The van der Waals surface area contributed by atoms with Crippen molar-refractivity contribution in [2.45, 2.75) is 5.41 Å². The molecule has 65 heavy (non-hydrogen) atoms. The van der Waals surface area contributed by atoms with Crippen LogP contribution in [0.25, 0.3) is 89.2 Å². The van der Waals surface area contributed by atoms with Gasteiger partial charge in [0, 0.05) is 16.7 Å². The molecule has 0 fully saturated rings. The van der Waals surface area contributed by atoms with Gasteiger partial charge in [-0.15, -0.1) is 0 Å². The first-order valence-electron chi connectivity index (χ1n) is 22.3. The van der Waals surface area contributed by atoms with Crippen LogP contribution in [-0.2, 0) is 5.41 Å². The number of nitrogens with zero attached hydrogens (tertiary/aromatic N) is 2. The van der Waals surface area contributed by atoms with Gasteiger partial charge in [0.05, 0.1) is 16.8 Å². The normalized spacial score (nSPS) is 12.4. The molecule has 0 bridgehead atoms. The van der Waals surface area contributed by atoms with Gasteiger partial charge in [-0.05, 0) is 102 Å². The molecule has 11 aromatic rings. The predicted molar refractivity (Wildman–Crippen MR) is 269 cm³/mol. The Bertz CT molecular complexity index is 3480. The van der Waals surface area contributed by atoms with Crippen LogP contribution in [0.2, 0.25) is 0 Å². The van der Waals surface area contributed by atoms with Gasteiger partial charge >= 0.3 is 0 Å². The third-order valence-electron chi connectivity index (χ3n) is 13.2. The Balaban J connectivity index is 0.980. The van der Waals surface area contributed by atoms with E-state index in [9.17, 15) is 0 Å². The standard InChI is InChI=1S/C63H42N2/c1-5-19-43(20-6-1)45-23-18-26-49(40-45)60-42-61(65-62(64-60)44-21-7-2-8-22-44)57-38-37-52(53-31-13-14-32-54(53)57)48-25-17-24-46(39-48)47-35-36-56-55-33-15-16-34-58(55)63(59(56)41-47,50-27-9-3-10-28-50)51-29-11-4-12-30-51/h1-42H. The summed E-state index contributed by atoms with van der Waals surface area (Å²) in [6.07, 6.45) is 0. The van der Waals surface area contributed by atoms with E-state index in [4.69, 9.17) is 9.97 Å². The molecule has 0 amide bonds. The Hall–Kier alpha value is -8.46. The summed E-state index contributed by atoms with van der Waals surface area (Å²) in [5, 5.41) is 2.31. The molecule has 2 heteroatoms. The molecule has 0 radical (unpaired) electrons. The van der Waals surface area contributed by atoms with E-state index in [1.807, 2.05) is 18.2 Å². The fraction of sp³-hybridized carbons (Fsp3) is 0.0159. The van der Waals surface area contributed by atoms with Crippen LogP contribution in [0.1, 0.15) is 22.3 Å². The van der Waals surface area contributed by atoms with Gasteiger partial charge in [0.1, 0.15) is 0 Å². The average molecular weight is 827 g/mol. The lowest BCUT2D eigenvalue weighted by Gasteiger charge is -2.34. The van der Waals surface area contributed by atoms with Crippen molar-refractivity contribution >= 4 is 10.8 Å². The first kappa shape index (κ1) is 38.2. The lowest BCUT2D eigenvalue weighted by molar-refractivity contribution is 0.769. The van der Waals surface area contributed by atoms with Crippen molar-refractivity contribution in [1.82, 2.24) is 9.97 Å². The number of rotatable bonds is 8. The Morgan fingerprint density at radius 2 is 0.708 bits per heavy atom. The zero-order valence-electron chi connectivity index (χ0n) is 35.6. The van der Waals surface area contributed by atoms with Crippen molar-refractivity contribution in [2.75, 3.05) is 0 Å². The maximum absolute atomic E-state index is 5.27. The Morgan fingerprint density at radius 3 is 1.42 bits per heavy atom. The molecule has 304 valence electrons. The fourth-order valence-corrected chi connectivity index (χ4v) is 10.2. The predicted octanol–water partition coefficient (Wildman–Crippen LogP) is 16.0. The van der Waals surface area contributed by atoms with E-state index in [2.05, 4.69) is 237 Å². The Labute approximate surface area is 379 Å². The van der Waals surface area contributed by atoms with Gasteiger partial charge in [-0.1, -0.05) is 231 Å². The topological polar surface area (TPSA) is 25.8 Å². The molecule has 12 rings (SSSR count). The van der Waals surface area contributed by atoms with Crippen LogP contribution >= 0.6 is 0 Å². The van der Waals surface area contributed by atoms with Gasteiger partial charge in [-0.25, -0.2) is 9.97 Å². The van der Waals surface area contributed by atoms with Gasteiger partial charge in [0.25, 0.3) is 0 Å². The molecule has 0 spiro atoms. The molecule has 10 aromatic carbocycles. The van der Waals surface area contributed by atoms with Gasteiger partial charge in [0.15, 0.2) is 5.82 Å². The summed E-state index contributed by atoms with van der Waals surface area (Å²) < 4.78 is 0. The smallest absolute Gasteiger partial charge is 0.160 e. The average Bonchev–Trinajstić information content (AvgIpc) is 3.69. The van der Waals surface area contributed by atoms with E-state index >= 15 is 0 Å². The lowest BCUT2D eigenvalue weighted by atomic mass is 9.67. The molecule has 1 heterocycles. The second kappa shape index (κ2) is 16.0. The van der Waals surface area contributed by atoms with E-state index in [0.717, 1.165) is 44.6 Å². The number of hydrogen-bond acceptors (Lipinski definition) is 2. The number of benzene rings is 10. The Kier molecular flexibility index (Phi) is 9.43. The molecule has 0 atom stereocenters. The molecule has 1 aliphatic carbocycles. The first-order valence-corrected chi connectivity index (χ1v) is 22.3. The highest BCUT2D eigenvalue weighted by Crippen LogP contribution is 2.56. The molecule has 0 unspecified atom stereocenters. The molecule has 2 nitrogen and oxygen atoms in total. The summed E-state index contributed by atoms with van der Waals surface area (Å²) in [4.78, 5) is 10.5. The highest BCUT2D eigenvalue weighted by molar-refractivity contribution is 6.05. The van der Waals surface area contributed by atoms with E-state index in [-0.39, 0.29) is 0 Å². The molecule has 0 aliphatic heterocycles. The van der Waals surface area contributed by atoms with E-state index in [1.54, 1.807) is 0 Å². The molecular formula is C63H42N2. The molecule has 1 aliphatic rings. The zero-order chi connectivity index (χ0) is 43.2. The van der Waals surface area contributed by atoms with Gasteiger partial charge in [0.2, 0.25) is 0 Å². The largest absolute Gasteiger partial charge is 0.228 e. The minimum absolute atomic E-state index is 0.458. The van der Waals surface area contributed by atoms with Crippen molar-refractivity contribution in [3.05, 3.63) is 277 Å². The van der Waals surface area contributed by atoms with Crippen molar-refractivity contribution in [1.29, 1.82) is 0 Å². The van der Waals surface area contributed by atoms with Crippen LogP contribution in [0.4, 0.5) is 0 Å². The van der Waals surface area contributed by atoms with Crippen LogP contribution < -0.4 is 0 Å². The van der Waals surface area contributed by atoms with Crippen molar-refractivity contribution in [3.63, 3.8) is 0 Å². The monoisotopic (exact) mass is 826 g/mol. The molecule has 0 saturated heterocycles. The van der Waals surface area contributed by atoms with E-state index in [1.165, 1.54) is 61.0 Å². The summed E-state index contributed by atoms with van der Waals surface area (Å²) in [5.41, 5.74) is 19.2. The summed E-state index contributed by atoms with van der Waals surface area (Å²) in [6, 6.07) is 92.0. The highest BCUT2D eigenvalue weighted by Gasteiger charge is 2.46. The second-order valence-corrected chi connectivity index (χ2v) is 16.8. The highest BCUT2D eigenvalue weighted by atomic mass is 14.9. The molecule has 0 saturated carbocycles. The number of aromatic nitrogens is 2. The van der Waals surface area contributed by atoms with Crippen LogP contribution in [0.3, 0.4) is 0 Å². The van der Waals surface area contributed by atoms with Gasteiger partial charge < -0.3 is 0 Å². The third-order valence-corrected chi connectivity index (χ3v) is 13.2. The summed E-state index contributed by atoms with van der Waals surface area (Å²) in [6.45, 7) is 0. The lowest BCUT2D eigenvalue weighted by Crippen LogP contribution is -2.28. The number of hydrogen-bond donors (Lipinski definition) is 0. The SMILES string of the molecule is c1ccc(-c2cccc(-c3cc(-c4ccc(-c5cccc(-c6ccc7c(c6)C(c6ccccc6)(c6ccccc6)c6ccccc6-7)c5)c5ccccc45)nc(-c4ccccc4)n3)c2)cc1. The van der Waals surface area contributed by atoms with E-state index in [0.29, 0.717) is 5.82 Å². The molecule has 1 aromatic heterocycles. The van der Waals surface area contributed by atoms with Crippen LogP contribution in [0.5, 0.6) is 0 Å². The second-order valence-electron chi connectivity index (χ2n) is 16.8. The minimum atomic E-state index is -0.458. The fourth-order valence-electron chi connectivity index (χ4n) is 10.2. The van der Waals surface area contributed by atoms with Gasteiger partial charge in [-0.3, -0.25) is 0 Å². The van der Waals surface area contributed by atoms with Gasteiger partial charge in [-0.2, -0.15) is 0 Å². The van der Waals surface area contributed by atoms with Crippen LogP contribution in [0, 0.1) is 0 Å². The summed E-state index contributed by atoms with van der Waals surface area (Å²) >= 11 is 0. The van der Waals surface area contributed by atoms with Crippen molar-refractivity contribution < 1.29 is 0 Å². The zero-order valence-corrected chi connectivity index (χ0v) is 35.6. The minimum Gasteiger partial charge on any atom is -0.228 e. The molecular weight excluding hydrogens is 785 g/mol. The maximum Gasteiger partial charge on any atom is 0.160 e. The first-order chi connectivity index (χ1) is 32.2. The van der Waals surface area contributed by atoms with Crippen molar-refractivity contribution in [3.8, 4) is 78.4 Å². The number of fused-ring (bicyclic) bond motifs is 4.